The summed E-state index contributed by atoms with van der Waals surface area (Å²) in [6.07, 6.45) is 1.77. The van der Waals surface area contributed by atoms with E-state index in [4.69, 9.17) is 11.6 Å². The normalized spacial score (nSPS) is 12.9. The van der Waals surface area contributed by atoms with E-state index < -0.39 is 0 Å². The molecule has 1 rings (SSSR count). The monoisotopic (exact) mass is 243 g/mol. The summed E-state index contributed by atoms with van der Waals surface area (Å²) in [7, 11) is 0. The number of rotatable bonds is 5. The van der Waals surface area contributed by atoms with E-state index in [1.54, 1.807) is 0 Å². The molecule has 5 heteroatoms. The molecule has 1 aromatic rings. The van der Waals surface area contributed by atoms with Crippen LogP contribution in [0, 0.1) is 0 Å². The van der Waals surface area contributed by atoms with Gasteiger partial charge >= 0.3 is 0 Å². The van der Waals surface area contributed by atoms with Crippen molar-refractivity contribution in [3.63, 3.8) is 0 Å². The molecule has 0 saturated carbocycles. The largest absolute Gasteiger partial charge is 0.391 e. The fraction of sp³-hybridized carbons (Fsp3) is 0.636. The van der Waals surface area contributed by atoms with Crippen molar-refractivity contribution in [2.24, 2.45) is 0 Å². The molecule has 0 aromatic carbocycles. The SMILES string of the molecule is CCC(O)CNc1ncnc(Cl)c1C(C)C. The summed E-state index contributed by atoms with van der Waals surface area (Å²) < 4.78 is 0. The molecule has 0 aliphatic rings. The summed E-state index contributed by atoms with van der Waals surface area (Å²) in [6, 6.07) is 0. The summed E-state index contributed by atoms with van der Waals surface area (Å²) in [6.45, 7) is 6.48. The van der Waals surface area contributed by atoms with E-state index >= 15 is 0 Å². The zero-order valence-electron chi connectivity index (χ0n) is 9.87. The molecule has 16 heavy (non-hydrogen) atoms. The van der Waals surface area contributed by atoms with Crippen molar-refractivity contribution in [2.75, 3.05) is 11.9 Å². The van der Waals surface area contributed by atoms with Crippen LogP contribution in [0.5, 0.6) is 0 Å². The maximum absolute atomic E-state index is 9.48. The molecule has 1 aromatic heterocycles. The molecule has 90 valence electrons. The Labute approximate surface area is 101 Å². The Hall–Kier alpha value is -0.870. The lowest BCUT2D eigenvalue weighted by Crippen LogP contribution is -2.20. The van der Waals surface area contributed by atoms with Gasteiger partial charge in [-0.25, -0.2) is 9.97 Å². The Morgan fingerprint density at radius 3 is 2.69 bits per heavy atom. The summed E-state index contributed by atoms with van der Waals surface area (Å²) in [5, 5.41) is 13.1. The van der Waals surface area contributed by atoms with Crippen molar-refractivity contribution in [1.29, 1.82) is 0 Å². The predicted molar refractivity (Wildman–Crippen MR) is 65.9 cm³/mol. The zero-order valence-corrected chi connectivity index (χ0v) is 10.6. The van der Waals surface area contributed by atoms with Gasteiger partial charge in [0, 0.05) is 12.1 Å². The topological polar surface area (TPSA) is 58.0 Å². The predicted octanol–water partition coefficient (Wildman–Crippen LogP) is 2.44. The summed E-state index contributed by atoms with van der Waals surface area (Å²) >= 11 is 6.02. The molecule has 0 aliphatic heterocycles. The lowest BCUT2D eigenvalue weighted by molar-refractivity contribution is 0.183. The quantitative estimate of drug-likeness (QED) is 0.780. The molecule has 2 N–H and O–H groups in total. The van der Waals surface area contributed by atoms with Gasteiger partial charge in [-0.1, -0.05) is 32.4 Å². The summed E-state index contributed by atoms with van der Waals surface area (Å²) in [4.78, 5) is 8.11. The number of halogens is 1. The van der Waals surface area contributed by atoms with E-state index in [0.717, 1.165) is 5.56 Å². The average Bonchev–Trinajstić information content (AvgIpc) is 2.25. The molecule has 1 heterocycles. The number of aromatic nitrogens is 2. The Kier molecular flexibility index (Phi) is 4.96. The van der Waals surface area contributed by atoms with Crippen LogP contribution >= 0.6 is 11.6 Å². The first-order chi connectivity index (χ1) is 7.56. The summed E-state index contributed by atoms with van der Waals surface area (Å²) in [5.41, 5.74) is 0.896. The Balaban J connectivity index is 2.83. The van der Waals surface area contributed by atoms with Crippen LogP contribution in [0.2, 0.25) is 5.15 Å². The van der Waals surface area contributed by atoms with Gasteiger partial charge in [-0.2, -0.15) is 0 Å². The third-order valence-electron chi connectivity index (χ3n) is 2.39. The number of aliphatic hydroxyl groups excluding tert-OH is 1. The molecule has 0 radical (unpaired) electrons. The molecule has 4 nitrogen and oxygen atoms in total. The molecule has 0 spiro atoms. The second-order valence-electron chi connectivity index (χ2n) is 4.02. The minimum Gasteiger partial charge on any atom is -0.391 e. The Morgan fingerprint density at radius 2 is 2.12 bits per heavy atom. The van der Waals surface area contributed by atoms with Crippen molar-refractivity contribution in [3.8, 4) is 0 Å². The van der Waals surface area contributed by atoms with Crippen LogP contribution in [-0.2, 0) is 0 Å². The van der Waals surface area contributed by atoms with Crippen LogP contribution in [0.1, 0.15) is 38.7 Å². The number of hydrogen-bond acceptors (Lipinski definition) is 4. The number of nitrogens with zero attached hydrogens (tertiary/aromatic N) is 2. The van der Waals surface area contributed by atoms with Crippen molar-refractivity contribution >= 4 is 17.4 Å². The molecule has 1 atom stereocenters. The lowest BCUT2D eigenvalue weighted by atomic mass is 10.1. The van der Waals surface area contributed by atoms with E-state index in [-0.39, 0.29) is 12.0 Å². The van der Waals surface area contributed by atoms with Crippen LogP contribution in [0.25, 0.3) is 0 Å². The van der Waals surface area contributed by atoms with E-state index in [2.05, 4.69) is 15.3 Å². The van der Waals surface area contributed by atoms with Gasteiger partial charge in [-0.3, -0.25) is 0 Å². The third-order valence-corrected chi connectivity index (χ3v) is 2.69. The molecule has 0 amide bonds. The first kappa shape index (κ1) is 13.2. The maximum Gasteiger partial charge on any atom is 0.138 e. The van der Waals surface area contributed by atoms with E-state index in [1.165, 1.54) is 6.33 Å². The van der Waals surface area contributed by atoms with Crippen LogP contribution in [0.15, 0.2) is 6.33 Å². The van der Waals surface area contributed by atoms with Gasteiger partial charge in [0.2, 0.25) is 0 Å². The number of aliphatic hydroxyl groups is 1. The highest BCUT2D eigenvalue weighted by atomic mass is 35.5. The molecule has 1 unspecified atom stereocenters. The minimum atomic E-state index is -0.367. The standard InChI is InChI=1S/C11H18ClN3O/c1-4-8(16)5-13-11-9(7(2)3)10(12)14-6-15-11/h6-8,16H,4-5H2,1-3H3,(H,13,14,15). The Morgan fingerprint density at radius 1 is 1.44 bits per heavy atom. The van der Waals surface area contributed by atoms with Crippen molar-refractivity contribution < 1.29 is 5.11 Å². The zero-order chi connectivity index (χ0) is 12.1. The number of hydrogen-bond donors (Lipinski definition) is 2. The Bertz CT molecular complexity index is 344. The van der Waals surface area contributed by atoms with Crippen LogP contribution in [0.4, 0.5) is 5.82 Å². The molecule has 0 saturated heterocycles. The third kappa shape index (κ3) is 3.32. The molecule has 0 fully saturated rings. The van der Waals surface area contributed by atoms with Gasteiger partial charge in [-0.05, 0) is 12.3 Å². The van der Waals surface area contributed by atoms with E-state index in [1.807, 2.05) is 20.8 Å². The average molecular weight is 244 g/mol. The van der Waals surface area contributed by atoms with Gasteiger partial charge in [0.05, 0.1) is 6.10 Å². The fourth-order valence-corrected chi connectivity index (χ4v) is 1.74. The van der Waals surface area contributed by atoms with Crippen LogP contribution in [0.3, 0.4) is 0 Å². The van der Waals surface area contributed by atoms with Crippen molar-refractivity contribution in [3.05, 3.63) is 17.0 Å². The smallest absolute Gasteiger partial charge is 0.138 e. The first-order valence-corrected chi connectivity index (χ1v) is 5.86. The first-order valence-electron chi connectivity index (χ1n) is 5.48. The van der Waals surface area contributed by atoms with Gasteiger partial charge in [0.1, 0.15) is 17.3 Å². The molecular formula is C11H18ClN3O. The number of nitrogens with one attached hydrogen (secondary N) is 1. The molecular weight excluding hydrogens is 226 g/mol. The fourth-order valence-electron chi connectivity index (χ4n) is 1.39. The molecule has 0 aliphatic carbocycles. The van der Waals surface area contributed by atoms with Crippen molar-refractivity contribution in [1.82, 2.24) is 9.97 Å². The van der Waals surface area contributed by atoms with Gasteiger partial charge in [0.25, 0.3) is 0 Å². The summed E-state index contributed by atoms with van der Waals surface area (Å²) in [5.74, 6) is 0.956. The van der Waals surface area contributed by atoms with Crippen LogP contribution < -0.4 is 5.32 Å². The van der Waals surface area contributed by atoms with Gasteiger partial charge in [0.15, 0.2) is 0 Å². The highest BCUT2D eigenvalue weighted by Gasteiger charge is 2.13. The maximum atomic E-state index is 9.48. The highest BCUT2D eigenvalue weighted by molar-refractivity contribution is 6.30. The van der Waals surface area contributed by atoms with Gasteiger partial charge in [-0.15, -0.1) is 0 Å². The second kappa shape index (κ2) is 6.01. The minimum absolute atomic E-state index is 0.245. The molecule has 0 bridgehead atoms. The van der Waals surface area contributed by atoms with Crippen LogP contribution in [-0.4, -0.2) is 27.7 Å². The van der Waals surface area contributed by atoms with Crippen molar-refractivity contribution in [2.45, 2.75) is 39.2 Å². The highest BCUT2D eigenvalue weighted by Crippen LogP contribution is 2.27. The van der Waals surface area contributed by atoms with E-state index in [0.29, 0.717) is 23.9 Å². The lowest BCUT2D eigenvalue weighted by Gasteiger charge is -2.15. The van der Waals surface area contributed by atoms with E-state index in [9.17, 15) is 5.11 Å². The number of anilines is 1. The second-order valence-corrected chi connectivity index (χ2v) is 4.38. The van der Waals surface area contributed by atoms with Gasteiger partial charge < -0.3 is 10.4 Å².